The predicted octanol–water partition coefficient (Wildman–Crippen LogP) is 2.47. The van der Waals surface area contributed by atoms with E-state index < -0.39 is 5.97 Å². The molecule has 1 unspecified atom stereocenters. The molecule has 0 spiro atoms. The van der Waals surface area contributed by atoms with Crippen LogP contribution in [-0.4, -0.2) is 29.1 Å². The number of carboxylic acids is 1. The fourth-order valence-corrected chi connectivity index (χ4v) is 2.87. The lowest BCUT2D eigenvalue weighted by Gasteiger charge is -2.31. The lowest BCUT2D eigenvalue weighted by molar-refractivity contribution is 0.0702. The second-order valence-corrected chi connectivity index (χ2v) is 5.18. The minimum Gasteiger partial charge on any atom is -0.477 e. The molecule has 0 aromatic carbocycles. The van der Waals surface area contributed by atoms with Crippen molar-refractivity contribution in [3.8, 4) is 0 Å². The van der Waals surface area contributed by atoms with Gasteiger partial charge < -0.3 is 10.0 Å². The van der Waals surface area contributed by atoms with E-state index in [1.807, 2.05) is 0 Å². The van der Waals surface area contributed by atoms with Crippen molar-refractivity contribution in [1.82, 2.24) is 4.98 Å². The molecule has 0 bridgehead atoms. The SMILES string of the molecule is CCC1CCCN(c2ncc(C(=O)O)s2)C1. The third-order valence-electron chi connectivity index (χ3n) is 3.07. The van der Waals surface area contributed by atoms with Crippen LogP contribution in [0.25, 0.3) is 0 Å². The van der Waals surface area contributed by atoms with E-state index in [0.717, 1.165) is 24.1 Å². The van der Waals surface area contributed by atoms with Gasteiger partial charge in [-0.2, -0.15) is 0 Å². The van der Waals surface area contributed by atoms with Crippen molar-refractivity contribution in [3.05, 3.63) is 11.1 Å². The Morgan fingerprint density at radius 1 is 1.75 bits per heavy atom. The van der Waals surface area contributed by atoms with Gasteiger partial charge in [0.05, 0.1) is 6.20 Å². The molecule has 16 heavy (non-hydrogen) atoms. The zero-order valence-corrected chi connectivity index (χ0v) is 10.2. The fraction of sp³-hybridized carbons (Fsp3) is 0.636. The van der Waals surface area contributed by atoms with Crippen LogP contribution in [0.2, 0.25) is 0 Å². The van der Waals surface area contributed by atoms with Crippen LogP contribution in [-0.2, 0) is 0 Å². The molecule has 1 aliphatic heterocycles. The number of aromatic nitrogens is 1. The largest absolute Gasteiger partial charge is 0.477 e. The molecule has 4 nitrogen and oxygen atoms in total. The molecule has 0 amide bonds. The number of carbonyl (C=O) groups is 1. The average molecular weight is 240 g/mol. The normalized spacial score (nSPS) is 21.1. The summed E-state index contributed by atoms with van der Waals surface area (Å²) in [6.07, 6.45) is 5.11. The Bertz CT molecular complexity index is 378. The van der Waals surface area contributed by atoms with Gasteiger partial charge in [0.1, 0.15) is 4.88 Å². The van der Waals surface area contributed by atoms with Gasteiger partial charge in [-0.05, 0) is 18.8 Å². The smallest absolute Gasteiger partial charge is 0.347 e. The Balaban J connectivity index is 2.08. The van der Waals surface area contributed by atoms with Crippen molar-refractivity contribution in [3.63, 3.8) is 0 Å². The van der Waals surface area contributed by atoms with Gasteiger partial charge in [0.15, 0.2) is 5.13 Å². The number of anilines is 1. The van der Waals surface area contributed by atoms with Gasteiger partial charge >= 0.3 is 5.97 Å². The van der Waals surface area contributed by atoms with Gasteiger partial charge in [-0.1, -0.05) is 24.7 Å². The average Bonchev–Trinajstić information content (AvgIpc) is 2.78. The van der Waals surface area contributed by atoms with E-state index in [1.54, 1.807) is 0 Å². The zero-order valence-electron chi connectivity index (χ0n) is 9.35. The second kappa shape index (κ2) is 4.82. The van der Waals surface area contributed by atoms with Crippen molar-refractivity contribution in [2.45, 2.75) is 26.2 Å². The van der Waals surface area contributed by atoms with E-state index in [-0.39, 0.29) is 0 Å². The number of rotatable bonds is 3. The van der Waals surface area contributed by atoms with Crippen molar-refractivity contribution in [2.75, 3.05) is 18.0 Å². The second-order valence-electron chi connectivity index (χ2n) is 4.17. The van der Waals surface area contributed by atoms with E-state index in [1.165, 1.54) is 36.8 Å². The molecule has 2 heterocycles. The van der Waals surface area contributed by atoms with Gasteiger partial charge in [-0.15, -0.1) is 0 Å². The van der Waals surface area contributed by atoms with E-state index in [4.69, 9.17) is 5.11 Å². The maximum Gasteiger partial charge on any atom is 0.347 e. The van der Waals surface area contributed by atoms with Crippen LogP contribution in [0, 0.1) is 5.92 Å². The minimum absolute atomic E-state index is 0.327. The number of hydrogen-bond donors (Lipinski definition) is 1. The Morgan fingerprint density at radius 3 is 3.19 bits per heavy atom. The van der Waals surface area contributed by atoms with Crippen LogP contribution < -0.4 is 4.90 Å². The van der Waals surface area contributed by atoms with Gasteiger partial charge in [-0.25, -0.2) is 9.78 Å². The van der Waals surface area contributed by atoms with Crippen LogP contribution in [0.3, 0.4) is 0 Å². The molecule has 1 atom stereocenters. The molecule has 0 aliphatic carbocycles. The molecule has 0 saturated carbocycles. The van der Waals surface area contributed by atoms with Gasteiger partial charge in [0.25, 0.3) is 0 Å². The summed E-state index contributed by atoms with van der Waals surface area (Å²) in [4.78, 5) is 17.5. The number of carboxylic acid groups (broad SMARTS) is 1. The Kier molecular flexibility index (Phi) is 3.43. The molecular weight excluding hydrogens is 224 g/mol. The molecule has 0 radical (unpaired) electrons. The van der Waals surface area contributed by atoms with Crippen molar-refractivity contribution >= 4 is 22.4 Å². The van der Waals surface area contributed by atoms with Crippen LogP contribution in [0.5, 0.6) is 0 Å². The molecule has 1 saturated heterocycles. The van der Waals surface area contributed by atoms with Gasteiger partial charge in [0, 0.05) is 13.1 Å². The molecule has 5 heteroatoms. The summed E-state index contributed by atoms with van der Waals surface area (Å²) in [5.41, 5.74) is 0. The van der Waals surface area contributed by atoms with Crippen molar-refractivity contribution < 1.29 is 9.90 Å². The third-order valence-corrected chi connectivity index (χ3v) is 4.12. The summed E-state index contributed by atoms with van der Waals surface area (Å²) in [6.45, 7) is 4.23. The van der Waals surface area contributed by atoms with Crippen LogP contribution >= 0.6 is 11.3 Å². The predicted molar refractivity (Wildman–Crippen MR) is 64.3 cm³/mol. The van der Waals surface area contributed by atoms with Crippen molar-refractivity contribution in [2.24, 2.45) is 5.92 Å². The molecule has 1 aromatic heterocycles. The molecule has 1 N–H and O–H groups in total. The van der Waals surface area contributed by atoms with Crippen molar-refractivity contribution in [1.29, 1.82) is 0 Å². The molecule has 1 aromatic rings. The lowest BCUT2D eigenvalue weighted by Crippen LogP contribution is -2.34. The number of thiazole rings is 1. The van der Waals surface area contributed by atoms with E-state index in [2.05, 4.69) is 16.8 Å². The van der Waals surface area contributed by atoms with Crippen LogP contribution in [0.1, 0.15) is 35.9 Å². The third kappa shape index (κ3) is 2.35. The summed E-state index contributed by atoms with van der Waals surface area (Å²) in [6, 6.07) is 0. The first-order valence-electron chi connectivity index (χ1n) is 5.64. The van der Waals surface area contributed by atoms with E-state index >= 15 is 0 Å². The maximum atomic E-state index is 10.8. The quantitative estimate of drug-likeness (QED) is 0.881. The lowest BCUT2D eigenvalue weighted by atomic mass is 9.96. The summed E-state index contributed by atoms with van der Waals surface area (Å²) in [5, 5.41) is 9.70. The summed E-state index contributed by atoms with van der Waals surface area (Å²) in [7, 11) is 0. The van der Waals surface area contributed by atoms with E-state index in [9.17, 15) is 4.79 Å². The molecule has 1 fully saturated rings. The standard InChI is InChI=1S/C11H16N2O2S/c1-2-8-4-3-5-13(7-8)11-12-6-9(16-11)10(14)15/h6,8H,2-5,7H2,1H3,(H,14,15). The fourth-order valence-electron chi connectivity index (χ4n) is 2.08. The highest BCUT2D eigenvalue weighted by atomic mass is 32.1. The highest BCUT2D eigenvalue weighted by Crippen LogP contribution is 2.28. The van der Waals surface area contributed by atoms with E-state index in [0.29, 0.717) is 4.88 Å². The first-order valence-corrected chi connectivity index (χ1v) is 6.46. The number of nitrogens with zero attached hydrogens (tertiary/aromatic N) is 2. The first kappa shape index (κ1) is 11.4. The maximum absolute atomic E-state index is 10.8. The number of aromatic carboxylic acids is 1. The highest BCUT2D eigenvalue weighted by molar-refractivity contribution is 7.17. The monoisotopic (exact) mass is 240 g/mol. The Hall–Kier alpha value is -1.10. The summed E-state index contributed by atoms with van der Waals surface area (Å²) < 4.78 is 0. The van der Waals surface area contributed by atoms with Gasteiger partial charge in [0.2, 0.25) is 0 Å². The topological polar surface area (TPSA) is 53.4 Å². The Morgan fingerprint density at radius 2 is 2.56 bits per heavy atom. The van der Waals surface area contributed by atoms with Crippen LogP contribution in [0.15, 0.2) is 6.20 Å². The summed E-state index contributed by atoms with van der Waals surface area (Å²) in [5.74, 6) is -0.154. The molecule has 1 aliphatic rings. The zero-order chi connectivity index (χ0) is 11.5. The molecule has 88 valence electrons. The van der Waals surface area contributed by atoms with Crippen LogP contribution in [0.4, 0.5) is 5.13 Å². The Labute approximate surface area is 98.9 Å². The van der Waals surface area contributed by atoms with Gasteiger partial charge in [-0.3, -0.25) is 0 Å². The number of piperidine rings is 1. The minimum atomic E-state index is -0.882. The molecule has 2 rings (SSSR count). The summed E-state index contributed by atoms with van der Waals surface area (Å²) >= 11 is 1.28. The number of hydrogen-bond acceptors (Lipinski definition) is 4. The first-order chi connectivity index (χ1) is 7.70. The molecular formula is C11H16N2O2S. The highest BCUT2D eigenvalue weighted by Gasteiger charge is 2.21.